The van der Waals surface area contributed by atoms with Gasteiger partial charge in [-0.3, -0.25) is 9.10 Å². The van der Waals surface area contributed by atoms with Crippen LogP contribution in [0.15, 0.2) is 95.9 Å². The molecular weight excluding hydrogens is 506 g/mol. The lowest BCUT2D eigenvalue weighted by Crippen LogP contribution is -2.32. The van der Waals surface area contributed by atoms with Crippen LogP contribution in [0.5, 0.6) is 0 Å². The van der Waals surface area contributed by atoms with Crippen LogP contribution < -0.4 is 9.62 Å². The molecule has 0 aliphatic rings. The first kappa shape index (κ1) is 25.3. The second kappa shape index (κ2) is 10.5. The van der Waals surface area contributed by atoms with Gasteiger partial charge in [-0.25, -0.2) is 17.2 Å². The van der Waals surface area contributed by atoms with Crippen molar-refractivity contribution < 1.29 is 22.0 Å². The predicted molar refractivity (Wildman–Crippen MR) is 137 cm³/mol. The van der Waals surface area contributed by atoms with Crippen molar-refractivity contribution in [3.05, 3.63) is 124 Å². The Balaban J connectivity index is 1.79. The molecule has 0 unspecified atom stereocenters. The maximum absolute atomic E-state index is 14.2. The molecule has 0 aromatic heterocycles. The number of rotatable bonds is 7. The number of aryl methyl sites for hydroxylation is 1. The number of benzene rings is 4. The fourth-order valence-electron chi connectivity index (χ4n) is 3.56. The molecule has 36 heavy (non-hydrogen) atoms. The Labute approximate surface area is 213 Å². The van der Waals surface area contributed by atoms with Crippen molar-refractivity contribution in [1.29, 1.82) is 0 Å². The number of carbonyl (C=O) groups is 1. The van der Waals surface area contributed by atoms with Crippen LogP contribution >= 0.6 is 11.6 Å². The van der Waals surface area contributed by atoms with Crippen molar-refractivity contribution >= 4 is 38.9 Å². The highest BCUT2D eigenvalue weighted by molar-refractivity contribution is 7.92. The number of nitrogens with one attached hydrogen (secondary N) is 1. The summed E-state index contributed by atoms with van der Waals surface area (Å²) in [5.74, 6) is -2.49. The minimum absolute atomic E-state index is 0.00845. The van der Waals surface area contributed by atoms with Crippen molar-refractivity contribution in [1.82, 2.24) is 0 Å². The van der Waals surface area contributed by atoms with E-state index in [0.717, 1.165) is 22.0 Å². The van der Waals surface area contributed by atoms with Crippen LogP contribution in [0, 0.1) is 18.6 Å². The van der Waals surface area contributed by atoms with Crippen LogP contribution in [0.25, 0.3) is 0 Å². The van der Waals surface area contributed by atoms with Gasteiger partial charge in [0.2, 0.25) is 0 Å². The van der Waals surface area contributed by atoms with E-state index in [2.05, 4.69) is 5.32 Å². The van der Waals surface area contributed by atoms with Crippen LogP contribution in [-0.4, -0.2) is 14.3 Å². The third-order valence-electron chi connectivity index (χ3n) is 5.45. The molecule has 0 saturated heterocycles. The molecule has 4 aromatic rings. The molecule has 0 aliphatic carbocycles. The maximum atomic E-state index is 14.2. The molecule has 0 atom stereocenters. The largest absolute Gasteiger partial charge is 0.319 e. The molecule has 0 spiro atoms. The summed E-state index contributed by atoms with van der Waals surface area (Å²) in [4.78, 5) is 13.2. The van der Waals surface area contributed by atoms with Gasteiger partial charge in [-0.05, 0) is 61.0 Å². The van der Waals surface area contributed by atoms with Crippen molar-refractivity contribution in [3.8, 4) is 0 Å². The van der Waals surface area contributed by atoms with E-state index < -0.39 is 27.6 Å². The van der Waals surface area contributed by atoms with E-state index in [1.54, 1.807) is 48.5 Å². The standard InChI is InChI=1S/C27H21ClF2N2O3S/c1-18-6-13-22(14-7-18)36(34,35)32(17-19-8-10-20(28)11-9-19)26-5-3-2-4-23(26)27(33)31-25-15-12-21(29)16-24(25)30/h2-16H,17H2,1H3,(H,31,33). The van der Waals surface area contributed by atoms with Gasteiger partial charge in [0.25, 0.3) is 15.9 Å². The van der Waals surface area contributed by atoms with Gasteiger partial charge in [0, 0.05) is 11.1 Å². The minimum atomic E-state index is -4.13. The maximum Gasteiger partial charge on any atom is 0.264 e. The molecule has 5 nitrogen and oxygen atoms in total. The summed E-state index contributed by atoms with van der Waals surface area (Å²) < 4.78 is 56.2. The van der Waals surface area contributed by atoms with Gasteiger partial charge in [-0.2, -0.15) is 0 Å². The van der Waals surface area contributed by atoms with Crippen LogP contribution in [-0.2, 0) is 16.6 Å². The molecule has 4 rings (SSSR count). The fraction of sp³-hybridized carbons (Fsp3) is 0.0741. The summed E-state index contributed by atoms with van der Waals surface area (Å²) in [7, 11) is -4.13. The van der Waals surface area contributed by atoms with Gasteiger partial charge in [0.1, 0.15) is 11.6 Å². The Morgan fingerprint density at radius 2 is 1.58 bits per heavy atom. The summed E-state index contributed by atoms with van der Waals surface area (Å²) in [6, 6.07) is 21.9. The molecule has 4 aromatic carbocycles. The Morgan fingerprint density at radius 3 is 2.25 bits per heavy atom. The van der Waals surface area contributed by atoms with Crippen LogP contribution in [0.2, 0.25) is 5.02 Å². The molecule has 1 N–H and O–H groups in total. The van der Waals surface area contributed by atoms with E-state index in [1.807, 2.05) is 6.92 Å². The third kappa shape index (κ3) is 5.56. The molecule has 0 fully saturated rings. The normalized spacial score (nSPS) is 11.2. The van der Waals surface area contributed by atoms with Gasteiger partial charge < -0.3 is 5.32 Å². The number of anilines is 2. The Hall–Kier alpha value is -3.75. The van der Waals surface area contributed by atoms with E-state index in [0.29, 0.717) is 16.7 Å². The van der Waals surface area contributed by atoms with E-state index in [1.165, 1.54) is 24.3 Å². The summed E-state index contributed by atoms with van der Waals surface area (Å²) >= 11 is 5.99. The topological polar surface area (TPSA) is 66.5 Å². The number of hydrogen-bond donors (Lipinski definition) is 1. The number of carbonyl (C=O) groups excluding carboxylic acids is 1. The lowest BCUT2D eigenvalue weighted by molar-refractivity contribution is 0.102. The molecule has 0 bridgehead atoms. The highest BCUT2D eigenvalue weighted by Gasteiger charge is 2.29. The smallest absolute Gasteiger partial charge is 0.264 e. The van der Waals surface area contributed by atoms with Gasteiger partial charge in [0.05, 0.1) is 28.4 Å². The first-order chi connectivity index (χ1) is 17.1. The molecule has 0 saturated carbocycles. The number of para-hydroxylation sites is 1. The van der Waals surface area contributed by atoms with Crippen molar-refractivity contribution in [3.63, 3.8) is 0 Å². The zero-order valence-corrected chi connectivity index (χ0v) is 20.7. The van der Waals surface area contributed by atoms with Gasteiger partial charge in [0.15, 0.2) is 0 Å². The van der Waals surface area contributed by atoms with Crippen LogP contribution in [0.1, 0.15) is 21.5 Å². The van der Waals surface area contributed by atoms with E-state index in [4.69, 9.17) is 11.6 Å². The number of sulfonamides is 1. The first-order valence-electron chi connectivity index (χ1n) is 10.8. The molecule has 0 aliphatic heterocycles. The van der Waals surface area contributed by atoms with E-state index in [-0.39, 0.29) is 28.4 Å². The number of nitrogens with zero attached hydrogens (tertiary/aromatic N) is 1. The summed E-state index contributed by atoms with van der Waals surface area (Å²) in [6.45, 7) is 1.75. The second-order valence-electron chi connectivity index (χ2n) is 8.05. The number of hydrogen-bond acceptors (Lipinski definition) is 3. The summed E-state index contributed by atoms with van der Waals surface area (Å²) in [6.07, 6.45) is 0. The monoisotopic (exact) mass is 526 g/mol. The minimum Gasteiger partial charge on any atom is -0.319 e. The lowest BCUT2D eigenvalue weighted by atomic mass is 10.1. The number of amides is 1. The zero-order chi connectivity index (χ0) is 25.9. The SMILES string of the molecule is Cc1ccc(S(=O)(=O)N(Cc2ccc(Cl)cc2)c2ccccc2C(=O)Nc2ccc(F)cc2F)cc1. The highest BCUT2D eigenvalue weighted by Crippen LogP contribution is 2.30. The van der Waals surface area contributed by atoms with Crippen LogP contribution in [0.4, 0.5) is 20.2 Å². The summed E-state index contributed by atoms with van der Waals surface area (Å²) in [5.41, 5.74) is 1.37. The lowest BCUT2D eigenvalue weighted by Gasteiger charge is -2.27. The molecule has 184 valence electrons. The number of halogens is 3. The summed E-state index contributed by atoms with van der Waals surface area (Å²) in [5, 5.41) is 2.89. The zero-order valence-electron chi connectivity index (χ0n) is 19.1. The van der Waals surface area contributed by atoms with Crippen molar-refractivity contribution in [2.45, 2.75) is 18.4 Å². The average Bonchev–Trinajstić information content (AvgIpc) is 2.85. The molecular formula is C27H21ClF2N2O3S. The van der Waals surface area contributed by atoms with Crippen LogP contribution in [0.3, 0.4) is 0 Å². The average molecular weight is 527 g/mol. The molecule has 0 heterocycles. The Kier molecular flexibility index (Phi) is 7.37. The van der Waals surface area contributed by atoms with Gasteiger partial charge >= 0.3 is 0 Å². The van der Waals surface area contributed by atoms with Crippen molar-refractivity contribution in [2.24, 2.45) is 0 Å². The highest BCUT2D eigenvalue weighted by atomic mass is 35.5. The Morgan fingerprint density at radius 1 is 0.917 bits per heavy atom. The molecule has 1 amide bonds. The Bertz CT molecular complexity index is 1510. The van der Waals surface area contributed by atoms with E-state index in [9.17, 15) is 22.0 Å². The molecule has 0 radical (unpaired) electrons. The van der Waals surface area contributed by atoms with E-state index >= 15 is 0 Å². The fourth-order valence-corrected chi connectivity index (χ4v) is 5.15. The first-order valence-corrected chi connectivity index (χ1v) is 12.7. The van der Waals surface area contributed by atoms with Gasteiger partial charge in [-0.1, -0.05) is 53.6 Å². The predicted octanol–water partition coefficient (Wildman–Crippen LogP) is 6.57. The van der Waals surface area contributed by atoms with Crippen molar-refractivity contribution in [2.75, 3.05) is 9.62 Å². The van der Waals surface area contributed by atoms with Gasteiger partial charge in [-0.15, -0.1) is 0 Å². The quantitative estimate of drug-likeness (QED) is 0.296. The molecule has 9 heteroatoms. The second-order valence-corrected chi connectivity index (χ2v) is 10.3. The third-order valence-corrected chi connectivity index (χ3v) is 7.47.